The molecule has 0 amide bonds. The third-order valence-corrected chi connectivity index (χ3v) is 5.49. The summed E-state index contributed by atoms with van der Waals surface area (Å²) in [4.78, 5) is 0. The summed E-state index contributed by atoms with van der Waals surface area (Å²) in [5.41, 5.74) is 0. The van der Waals surface area contributed by atoms with Crippen LogP contribution in [0.15, 0.2) is 0 Å². The standard InChI is InChI=1S/C6H14O5S3/c1-6(2)5-13(7,8)4-3-12-14(9,10)11/h6H,3-5H2,1-2H3,(H,9,10,11)/p-1. The molecule has 0 saturated carbocycles. The van der Waals surface area contributed by atoms with Crippen molar-refractivity contribution in [3.05, 3.63) is 0 Å². The van der Waals surface area contributed by atoms with Gasteiger partial charge in [0.1, 0.15) is 9.15 Å². The molecule has 0 aromatic heterocycles. The average Bonchev–Trinajstić information content (AvgIpc) is 1.78. The second-order valence-corrected chi connectivity index (χ2v) is 8.86. The molecule has 0 heterocycles. The van der Waals surface area contributed by atoms with Crippen LogP contribution in [0.4, 0.5) is 0 Å². The minimum atomic E-state index is -4.37. The maximum Gasteiger partial charge on any atom is 0.151 e. The van der Waals surface area contributed by atoms with Gasteiger partial charge >= 0.3 is 0 Å². The van der Waals surface area contributed by atoms with Gasteiger partial charge in [0.15, 0.2) is 9.84 Å². The Morgan fingerprint density at radius 3 is 2.07 bits per heavy atom. The SMILES string of the molecule is CC(C)CS(=O)(=O)CCSS(=O)(=O)[O-]. The number of rotatable bonds is 6. The highest BCUT2D eigenvalue weighted by Crippen LogP contribution is 2.10. The first-order chi connectivity index (χ1) is 6.12. The van der Waals surface area contributed by atoms with Crippen LogP contribution < -0.4 is 0 Å². The minimum Gasteiger partial charge on any atom is -0.739 e. The van der Waals surface area contributed by atoms with Gasteiger partial charge in [-0.05, 0) is 16.7 Å². The normalized spacial score (nSPS) is 13.4. The summed E-state index contributed by atoms with van der Waals surface area (Å²) in [5.74, 6) is -0.432. The zero-order chi connectivity index (χ0) is 11.4. The van der Waals surface area contributed by atoms with E-state index in [0.29, 0.717) is 0 Å². The van der Waals surface area contributed by atoms with Crippen LogP contribution in [-0.2, 0) is 19.0 Å². The van der Waals surface area contributed by atoms with Gasteiger partial charge in [0.05, 0.1) is 11.5 Å². The quantitative estimate of drug-likeness (QED) is 0.503. The molecule has 0 aliphatic carbocycles. The van der Waals surface area contributed by atoms with Gasteiger partial charge in [0, 0.05) is 5.75 Å². The Morgan fingerprint density at radius 1 is 1.21 bits per heavy atom. The van der Waals surface area contributed by atoms with E-state index in [-0.39, 0.29) is 34.0 Å². The predicted molar refractivity (Wildman–Crippen MR) is 55.6 cm³/mol. The van der Waals surface area contributed by atoms with Crippen molar-refractivity contribution in [1.29, 1.82) is 0 Å². The molecule has 0 radical (unpaired) electrons. The first-order valence-electron chi connectivity index (χ1n) is 3.93. The molecule has 0 aliphatic heterocycles. The summed E-state index contributed by atoms with van der Waals surface area (Å²) >= 11 is 0. The molecule has 0 aromatic carbocycles. The lowest BCUT2D eigenvalue weighted by Gasteiger charge is -2.07. The summed E-state index contributed by atoms with van der Waals surface area (Å²) in [6, 6.07) is 0. The van der Waals surface area contributed by atoms with Crippen molar-refractivity contribution in [2.75, 3.05) is 17.3 Å². The van der Waals surface area contributed by atoms with E-state index in [1.54, 1.807) is 13.8 Å². The summed E-state index contributed by atoms with van der Waals surface area (Å²) in [7, 11) is -7.48. The van der Waals surface area contributed by atoms with Gasteiger partial charge in [-0.15, -0.1) is 0 Å². The summed E-state index contributed by atoms with van der Waals surface area (Å²) in [5, 5.41) is 0. The van der Waals surface area contributed by atoms with Crippen LogP contribution in [0.3, 0.4) is 0 Å². The van der Waals surface area contributed by atoms with E-state index in [9.17, 15) is 21.4 Å². The van der Waals surface area contributed by atoms with Gasteiger partial charge < -0.3 is 4.55 Å². The molecule has 0 spiro atoms. The van der Waals surface area contributed by atoms with Crippen LogP contribution in [0.2, 0.25) is 0 Å². The largest absolute Gasteiger partial charge is 0.739 e. The lowest BCUT2D eigenvalue weighted by Crippen LogP contribution is -2.17. The maximum atomic E-state index is 11.2. The molecule has 0 saturated heterocycles. The molecule has 14 heavy (non-hydrogen) atoms. The molecule has 0 atom stereocenters. The zero-order valence-corrected chi connectivity index (χ0v) is 10.4. The van der Waals surface area contributed by atoms with Crippen LogP contribution in [0.25, 0.3) is 0 Å². The third-order valence-electron chi connectivity index (χ3n) is 1.21. The van der Waals surface area contributed by atoms with Crippen molar-refractivity contribution in [1.82, 2.24) is 0 Å². The van der Waals surface area contributed by atoms with E-state index in [4.69, 9.17) is 0 Å². The molecule has 8 heteroatoms. The maximum absolute atomic E-state index is 11.2. The second-order valence-electron chi connectivity index (χ2n) is 3.24. The molecule has 0 fully saturated rings. The Morgan fingerprint density at radius 2 is 1.71 bits per heavy atom. The lowest BCUT2D eigenvalue weighted by molar-refractivity contribution is 0.482. The van der Waals surface area contributed by atoms with Crippen molar-refractivity contribution in [3.8, 4) is 0 Å². The second kappa shape index (κ2) is 5.34. The van der Waals surface area contributed by atoms with Gasteiger partial charge in [0.2, 0.25) is 0 Å². The van der Waals surface area contributed by atoms with Gasteiger partial charge in [-0.3, -0.25) is 0 Å². The molecule has 0 aliphatic rings. The Balaban J connectivity index is 4.02. The van der Waals surface area contributed by atoms with Crippen molar-refractivity contribution < 1.29 is 21.4 Å². The molecule has 0 unspecified atom stereocenters. The average molecular weight is 261 g/mol. The molecule has 5 nitrogen and oxygen atoms in total. The third kappa shape index (κ3) is 8.79. The van der Waals surface area contributed by atoms with Gasteiger partial charge in [-0.25, -0.2) is 16.8 Å². The van der Waals surface area contributed by atoms with Crippen molar-refractivity contribution in [3.63, 3.8) is 0 Å². The fraction of sp³-hybridized carbons (Fsp3) is 1.00. The first kappa shape index (κ1) is 14.2. The minimum absolute atomic E-state index is 0.00820. The highest BCUT2D eigenvalue weighted by atomic mass is 33.1. The zero-order valence-electron chi connectivity index (χ0n) is 7.96. The number of hydrogen-bond acceptors (Lipinski definition) is 6. The lowest BCUT2D eigenvalue weighted by atomic mass is 10.3. The first-order valence-corrected chi connectivity index (χ1v) is 8.66. The van der Waals surface area contributed by atoms with Crippen molar-refractivity contribution in [2.24, 2.45) is 5.92 Å². The van der Waals surface area contributed by atoms with E-state index < -0.39 is 19.0 Å². The highest BCUT2D eigenvalue weighted by molar-refractivity contribution is 8.69. The fourth-order valence-electron chi connectivity index (χ4n) is 0.854. The monoisotopic (exact) mass is 261 g/mol. The Kier molecular flexibility index (Phi) is 5.42. The van der Waals surface area contributed by atoms with Crippen LogP contribution >= 0.6 is 10.8 Å². The van der Waals surface area contributed by atoms with Crippen LogP contribution in [0, 0.1) is 5.92 Å². The van der Waals surface area contributed by atoms with E-state index in [0.717, 1.165) is 0 Å². The van der Waals surface area contributed by atoms with Crippen molar-refractivity contribution in [2.45, 2.75) is 13.8 Å². The predicted octanol–water partition coefficient (Wildman–Crippen LogP) is 0.251. The Hall–Kier alpha value is 0.210. The Bertz CT molecular complexity index is 353. The molecular formula is C6H13O5S3-. The molecule has 0 N–H and O–H groups in total. The van der Waals surface area contributed by atoms with Crippen LogP contribution in [-0.4, -0.2) is 38.6 Å². The van der Waals surface area contributed by atoms with E-state index >= 15 is 0 Å². The summed E-state index contributed by atoms with van der Waals surface area (Å²) < 4.78 is 52.9. The molecule has 86 valence electrons. The number of sulfone groups is 1. The Labute approximate surface area is 88.3 Å². The van der Waals surface area contributed by atoms with Crippen LogP contribution in [0.1, 0.15) is 13.8 Å². The number of hydrogen-bond donors (Lipinski definition) is 0. The van der Waals surface area contributed by atoms with E-state index in [1.165, 1.54) is 0 Å². The van der Waals surface area contributed by atoms with Crippen LogP contribution in [0.5, 0.6) is 0 Å². The molecule has 0 rings (SSSR count). The van der Waals surface area contributed by atoms with Gasteiger partial charge in [0.25, 0.3) is 0 Å². The summed E-state index contributed by atoms with van der Waals surface area (Å²) in [6.45, 7) is 3.52. The van der Waals surface area contributed by atoms with Gasteiger partial charge in [-0.2, -0.15) is 0 Å². The van der Waals surface area contributed by atoms with Crippen molar-refractivity contribution >= 4 is 29.8 Å². The highest BCUT2D eigenvalue weighted by Gasteiger charge is 2.13. The molecule has 0 aromatic rings. The van der Waals surface area contributed by atoms with E-state index in [1.807, 2.05) is 0 Å². The topological polar surface area (TPSA) is 91.3 Å². The fourth-order valence-corrected chi connectivity index (χ4v) is 4.75. The van der Waals surface area contributed by atoms with Gasteiger partial charge in [-0.1, -0.05) is 13.8 Å². The molecule has 0 bridgehead atoms. The summed E-state index contributed by atoms with van der Waals surface area (Å²) in [6.07, 6.45) is 0. The smallest absolute Gasteiger partial charge is 0.151 e. The van der Waals surface area contributed by atoms with E-state index in [2.05, 4.69) is 0 Å². The molecular weight excluding hydrogens is 248 g/mol.